The van der Waals surface area contributed by atoms with E-state index in [1.165, 1.54) is 0 Å². The summed E-state index contributed by atoms with van der Waals surface area (Å²) in [5.41, 5.74) is 8.08. The zero-order chi connectivity index (χ0) is 24.0. The van der Waals surface area contributed by atoms with Crippen molar-refractivity contribution in [3.63, 3.8) is 0 Å². The van der Waals surface area contributed by atoms with E-state index in [4.69, 9.17) is 27.4 Å². The van der Waals surface area contributed by atoms with Crippen LogP contribution in [0.5, 0.6) is 11.5 Å². The molecule has 2 amide bonds. The van der Waals surface area contributed by atoms with Gasteiger partial charge in [-0.1, -0.05) is 30.3 Å². The molecule has 2 aromatic rings. The van der Waals surface area contributed by atoms with Gasteiger partial charge in [-0.3, -0.25) is 9.59 Å². The van der Waals surface area contributed by atoms with Crippen molar-refractivity contribution in [1.29, 1.82) is 0 Å². The molecule has 1 atom stereocenters. The molecule has 0 spiro atoms. The van der Waals surface area contributed by atoms with E-state index in [9.17, 15) is 9.59 Å². The fraction of sp³-hybridized carbons (Fsp3) is 0.261. The van der Waals surface area contributed by atoms with Gasteiger partial charge in [0.2, 0.25) is 0 Å². The van der Waals surface area contributed by atoms with E-state index in [0.29, 0.717) is 45.5 Å². The summed E-state index contributed by atoms with van der Waals surface area (Å²) in [4.78, 5) is 24.4. The summed E-state index contributed by atoms with van der Waals surface area (Å²) < 4.78 is 11.8. The van der Waals surface area contributed by atoms with E-state index in [2.05, 4.69) is 31.9 Å². The van der Waals surface area contributed by atoms with Crippen LogP contribution in [0.25, 0.3) is 0 Å². The van der Waals surface area contributed by atoms with Crippen molar-refractivity contribution in [1.82, 2.24) is 16.0 Å². The van der Waals surface area contributed by atoms with Gasteiger partial charge >= 0.3 is 0 Å². The second-order valence-electron chi connectivity index (χ2n) is 7.26. The molecule has 1 aliphatic heterocycles. The van der Waals surface area contributed by atoms with Gasteiger partial charge in [-0.2, -0.15) is 0 Å². The number of hydrogen-bond acceptors (Lipinski definition) is 5. The van der Waals surface area contributed by atoms with Crippen LogP contribution in [0, 0.1) is 0 Å². The van der Waals surface area contributed by atoms with Crippen LogP contribution >= 0.6 is 28.1 Å². The molecule has 0 saturated carbocycles. The lowest BCUT2D eigenvalue weighted by Gasteiger charge is -2.31. The quantitative estimate of drug-likeness (QED) is 0.367. The number of allylic oxidation sites excluding steroid dienone is 1. The molecule has 0 aliphatic carbocycles. The Balaban J connectivity index is 1.94. The smallest absolute Gasteiger partial charge is 0.255 e. The summed E-state index contributed by atoms with van der Waals surface area (Å²) in [6.45, 7) is 4.12. The lowest BCUT2D eigenvalue weighted by atomic mass is 9.94. The number of nitrogens with two attached hydrogens (primary N) is 1. The maximum atomic E-state index is 13.2. The fourth-order valence-corrected chi connectivity index (χ4v) is 4.26. The van der Waals surface area contributed by atoms with Crippen LogP contribution in [0.1, 0.15) is 31.0 Å². The number of thiocarbonyl (C=S) groups is 1. The highest BCUT2D eigenvalue weighted by Crippen LogP contribution is 2.40. The first-order valence-corrected chi connectivity index (χ1v) is 11.5. The number of carbonyl (C=O) groups excluding carboxylic acids is 2. The summed E-state index contributed by atoms with van der Waals surface area (Å²) in [5, 5.41) is 9.57. The van der Waals surface area contributed by atoms with Crippen molar-refractivity contribution in [3.05, 3.63) is 69.3 Å². The molecule has 8 nitrogen and oxygen atoms in total. The summed E-state index contributed by atoms with van der Waals surface area (Å²) in [6, 6.07) is 12.7. The van der Waals surface area contributed by atoms with Crippen molar-refractivity contribution < 1.29 is 19.1 Å². The van der Waals surface area contributed by atoms with Crippen molar-refractivity contribution in [2.75, 3.05) is 13.2 Å². The molecule has 1 aliphatic rings. The molecule has 2 aromatic carbocycles. The Morgan fingerprint density at radius 3 is 2.61 bits per heavy atom. The highest BCUT2D eigenvalue weighted by Gasteiger charge is 2.31. The lowest BCUT2D eigenvalue weighted by Crippen LogP contribution is -2.46. The first-order valence-electron chi connectivity index (χ1n) is 10.3. The van der Waals surface area contributed by atoms with E-state index in [1.807, 2.05) is 37.3 Å². The number of amides is 2. The number of halogens is 1. The fourth-order valence-electron chi connectivity index (χ4n) is 3.42. The molecule has 33 heavy (non-hydrogen) atoms. The Hall–Kier alpha value is -3.11. The summed E-state index contributed by atoms with van der Waals surface area (Å²) in [5.74, 6) is -0.0653. The average Bonchev–Trinajstić information content (AvgIpc) is 2.77. The van der Waals surface area contributed by atoms with E-state index < -0.39 is 11.9 Å². The number of primary amides is 1. The number of nitrogens with one attached hydrogen (secondary N) is 3. The highest BCUT2D eigenvalue weighted by molar-refractivity contribution is 9.10. The molecular formula is C23H25BrN4O4S. The lowest BCUT2D eigenvalue weighted by molar-refractivity contribution is -0.120. The van der Waals surface area contributed by atoms with Gasteiger partial charge in [0, 0.05) is 12.2 Å². The van der Waals surface area contributed by atoms with Gasteiger partial charge in [-0.15, -0.1) is 0 Å². The van der Waals surface area contributed by atoms with Crippen LogP contribution in [-0.2, 0) is 16.1 Å². The van der Waals surface area contributed by atoms with Crippen LogP contribution < -0.4 is 31.2 Å². The predicted octanol–water partition coefficient (Wildman–Crippen LogP) is 2.82. The first-order chi connectivity index (χ1) is 15.8. The second kappa shape index (κ2) is 11.2. The van der Waals surface area contributed by atoms with Gasteiger partial charge in [0.25, 0.3) is 11.8 Å². The summed E-state index contributed by atoms with van der Waals surface area (Å²) >= 11 is 8.83. The van der Waals surface area contributed by atoms with E-state index in [0.717, 1.165) is 11.1 Å². The van der Waals surface area contributed by atoms with Gasteiger partial charge in [-0.25, -0.2) is 0 Å². The maximum Gasteiger partial charge on any atom is 0.255 e. The topological polar surface area (TPSA) is 115 Å². The molecule has 3 rings (SSSR count). The van der Waals surface area contributed by atoms with Gasteiger partial charge < -0.3 is 31.2 Å². The zero-order valence-electron chi connectivity index (χ0n) is 18.2. The third kappa shape index (κ3) is 6.23. The molecule has 174 valence electrons. The van der Waals surface area contributed by atoms with Crippen molar-refractivity contribution >= 4 is 45.1 Å². The minimum absolute atomic E-state index is 0.230. The van der Waals surface area contributed by atoms with Crippen LogP contribution in [0.3, 0.4) is 0 Å². The molecule has 0 bridgehead atoms. The first kappa shape index (κ1) is 24.5. The molecule has 5 N–H and O–H groups in total. The second-order valence-corrected chi connectivity index (χ2v) is 8.52. The highest BCUT2D eigenvalue weighted by atomic mass is 79.9. The summed E-state index contributed by atoms with van der Waals surface area (Å²) in [7, 11) is 0. The maximum absolute atomic E-state index is 13.2. The minimum atomic E-state index is -0.602. The minimum Gasteiger partial charge on any atom is -0.490 e. The van der Waals surface area contributed by atoms with Crippen LogP contribution in [0.2, 0.25) is 0 Å². The average molecular weight is 533 g/mol. The number of benzene rings is 2. The Morgan fingerprint density at radius 2 is 1.94 bits per heavy atom. The van der Waals surface area contributed by atoms with Crippen LogP contribution in [0.15, 0.2) is 58.2 Å². The Labute approximate surface area is 206 Å². The van der Waals surface area contributed by atoms with Crippen LogP contribution in [-0.4, -0.2) is 30.1 Å². The molecule has 0 radical (unpaired) electrons. The van der Waals surface area contributed by atoms with Crippen molar-refractivity contribution in [3.8, 4) is 11.5 Å². The standard InChI is InChI=1S/C23H25BrN4O4S/c1-3-31-17-10-15(9-16(24)21(17)32-12-18(25)29)20-19(13(2)27-23(33)28-20)22(30)26-11-14-7-5-4-6-8-14/h4-10,20H,3,11-12H2,1-2H3,(H2,25,29)(H,26,30)(H2,27,28,33). The SMILES string of the molecule is CCOc1cc(C2NC(=S)NC(C)=C2C(=O)NCc2ccccc2)cc(Br)c1OCC(N)=O. The predicted molar refractivity (Wildman–Crippen MR) is 133 cm³/mol. The van der Waals surface area contributed by atoms with E-state index >= 15 is 0 Å². The summed E-state index contributed by atoms with van der Waals surface area (Å²) in [6.07, 6.45) is 0. The Kier molecular flexibility index (Phi) is 8.29. The third-order valence-electron chi connectivity index (χ3n) is 4.83. The van der Waals surface area contributed by atoms with Crippen LogP contribution in [0.4, 0.5) is 0 Å². The van der Waals surface area contributed by atoms with Crippen molar-refractivity contribution in [2.45, 2.75) is 26.4 Å². The Bertz CT molecular complexity index is 1090. The largest absolute Gasteiger partial charge is 0.490 e. The molecule has 0 saturated heterocycles. The third-order valence-corrected chi connectivity index (χ3v) is 5.64. The normalized spacial score (nSPS) is 15.4. The molecule has 0 aromatic heterocycles. The van der Waals surface area contributed by atoms with Gasteiger partial charge in [-0.05, 0) is 65.3 Å². The van der Waals surface area contributed by atoms with Crippen molar-refractivity contribution in [2.24, 2.45) is 5.73 Å². The Morgan fingerprint density at radius 1 is 1.21 bits per heavy atom. The number of hydrogen-bond donors (Lipinski definition) is 4. The molecule has 1 heterocycles. The van der Waals surface area contributed by atoms with Gasteiger partial charge in [0.05, 0.1) is 22.7 Å². The number of ether oxygens (including phenoxy) is 2. The number of rotatable bonds is 9. The molecule has 1 unspecified atom stereocenters. The van der Waals surface area contributed by atoms with Gasteiger partial charge in [0.1, 0.15) is 0 Å². The molecule has 10 heteroatoms. The number of carbonyl (C=O) groups is 2. The van der Waals surface area contributed by atoms with Gasteiger partial charge in [0.15, 0.2) is 23.2 Å². The molecular weight excluding hydrogens is 508 g/mol. The van der Waals surface area contributed by atoms with E-state index in [1.54, 1.807) is 19.1 Å². The van der Waals surface area contributed by atoms with E-state index in [-0.39, 0.29) is 12.5 Å². The zero-order valence-corrected chi connectivity index (χ0v) is 20.6. The molecule has 0 fully saturated rings. The monoisotopic (exact) mass is 532 g/mol.